The van der Waals surface area contributed by atoms with Crippen LogP contribution >= 0.6 is 0 Å². The number of benzene rings is 1. The molecule has 2 rings (SSSR count). The predicted molar refractivity (Wildman–Crippen MR) is 58.4 cm³/mol. The van der Waals surface area contributed by atoms with Gasteiger partial charge in [0.2, 0.25) is 0 Å². The number of rotatable bonds is 3. The predicted octanol–water partition coefficient (Wildman–Crippen LogP) is 3.08. The van der Waals surface area contributed by atoms with Gasteiger partial charge < -0.3 is 10.1 Å². The van der Waals surface area contributed by atoms with Crippen LogP contribution in [0.4, 0.5) is 18.9 Å². The van der Waals surface area contributed by atoms with Crippen LogP contribution in [0.25, 0.3) is 0 Å². The Morgan fingerprint density at radius 3 is 2.65 bits per heavy atom. The lowest BCUT2D eigenvalue weighted by molar-refractivity contribution is 0.0636. The monoisotopic (exact) mass is 245 g/mol. The third-order valence-corrected chi connectivity index (χ3v) is 2.88. The normalized spacial score (nSPS) is 24.0. The van der Waals surface area contributed by atoms with Gasteiger partial charge in [-0.3, -0.25) is 0 Å². The smallest absolute Gasteiger partial charge is 0.196 e. The fourth-order valence-electron chi connectivity index (χ4n) is 1.92. The fraction of sp³-hybridized carbons (Fsp3) is 0.500. The first kappa shape index (κ1) is 12.2. The van der Waals surface area contributed by atoms with Crippen LogP contribution in [0.5, 0.6) is 0 Å². The summed E-state index contributed by atoms with van der Waals surface area (Å²) in [5, 5.41) is 2.74. The zero-order chi connectivity index (χ0) is 12.4. The number of ether oxygens (including phenoxy) is 1. The molecule has 0 aliphatic carbocycles. The van der Waals surface area contributed by atoms with E-state index in [2.05, 4.69) is 5.32 Å². The Morgan fingerprint density at radius 2 is 2.00 bits per heavy atom. The second-order valence-corrected chi connectivity index (χ2v) is 4.25. The first-order chi connectivity index (χ1) is 8.08. The van der Waals surface area contributed by atoms with Crippen molar-refractivity contribution in [3.8, 4) is 0 Å². The molecule has 1 aliphatic rings. The summed E-state index contributed by atoms with van der Waals surface area (Å²) < 4.78 is 44.4. The van der Waals surface area contributed by atoms with Gasteiger partial charge in [0.1, 0.15) is 0 Å². The topological polar surface area (TPSA) is 21.3 Å². The summed E-state index contributed by atoms with van der Waals surface area (Å²) in [6.07, 6.45) is 2.06. The summed E-state index contributed by atoms with van der Waals surface area (Å²) in [6.45, 7) is 2.37. The highest BCUT2D eigenvalue weighted by atomic mass is 19.2. The summed E-state index contributed by atoms with van der Waals surface area (Å²) in [7, 11) is 0. The van der Waals surface area contributed by atoms with Crippen LogP contribution in [0.15, 0.2) is 12.1 Å². The van der Waals surface area contributed by atoms with E-state index >= 15 is 0 Å². The van der Waals surface area contributed by atoms with E-state index in [4.69, 9.17) is 4.74 Å². The molecule has 0 radical (unpaired) electrons. The molecule has 1 aliphatic heterocycles. The second kappa shape index (κ2) is 4.96. The maximum Gasteiger partial charge on any atom is 0.196 e. The van der Waals surface area contributed by atoms with Crippen molar-refractivity contribution in [3.05, 3.63) is 29.6 Å². The second-order valence-electron chi connectivity index (χ2n) is 4.25. The van der Waals surface area contributed by atoms with Gasteiger partial charge in [0, 0.05) is 6.54 Å². The van der Waals surface area contributed by atoms with E-state index in [0.29, 0.717) is 6.54 Å². The van der Waals surface area contributed by atoms with Crippen LogP contribution in [0.2, 0.25) is 0 Å². The van der Waals surface area contributed by atoms with Gasteiger partial charge in [-0.25, -0.2) is 13.2 Å². The third kappa shape index (κ3) is 2.72. The molecule has 1 heterocycles. The van der Waals surface area contributed by atoms with Crippen LogP contribution < -0.4 is 5.32 Å². The van der Waals surface area contributed by atoms with Crippen molar-refractivity contribution in [3.63, 3.8) is 0 Å². The largest absolute Gasteiger partial charge is 0.380 e. The average molecular weight is 245 g/mol. The van der Waals surface area contributed by atoms with Crippen LogP contribution in [-0.4, -0.2) is 18.8 Å². The van der Waals surface area contributed by atoms with Gasteiger partial charge in [0.05, 0.1) is 17.9 Å². The molecule has 2 atom stereocenters. The Balaban J connectivity index is 1.97. The Morgan fingerprint density at radius 1 is 1.24 bits per heavy atom. The van der Waals surface area contributed by atoms with Gasteiger partial charge in [-0.1, -0.05) is 0 Å². The standard InChI is InChI=1S/C12H14F3NO/c1-7-2-3-8(17-7)6-16-10-5-4-9(13)11(14)12(10)15/h4-5,7-8,16H,2-3,6H2,1H3. The zero-order valence-electron chi connectivity index (χ0n) is 9.47. The van der Waals surface area contributed by atoms with Crippen molar-refractivity contribution in [1.82, 2.24) is 0 Å². The van der Waals surface area contributed by atoms with Crippen LogP contribution in [-0.2, 0) is 4.74 Å². The molecule has 1 aromatic carbocycles. The van der Waals surface area contributed by atoms with Crippen molar-refractivity contribution in [2.24, 2.45) is 0 Å². The summed E-state index contributed by atoms with van der Waals surface area (Å²) in [6, 6.07) is 2.09. The highest BCUT2D eigenvalue weighted by Gasteiger charge is 2.22. The lowest BCUT2D eigenvalue weighted by atomic mass is 10.2. The van der Waals surface area contributed by atoms with E-state index in [-0.39, 0.29) is 17.9 Å². The lowest BCUT2D eigenvalue weighted by Gasteiger charge is -2.13. The molecule has 94 valence electrons. The number of hydrogen-bond donors (Lipinski definition) is 1. The van der Waals surface area contributed by atoms with Crippen molar-refractivity contribution >= 4 is 5.69 Å². The summed E-state index contributed by atoms with van der Waals surface area (Å²) in [5.74, 6) is -3.81. The van der Waals surface area contributed by atoms with Crippen molar-refractivity contribution in [2.75, 3.05) is 11.9 Å². The molecule has 1 N–H and O–H groups in total. The minimum Gasteiger partial charge on any atom is -0.380 e. The summed E-state index contributed by atoms with van der Waals surface area (Å²) in [4.78, 5) is 0. The molecule has 1 saturated heterocycles. The molecule has 1 aromatic rings. The first-order valence-electron chi connectivity index (χ1n) is 5.60. The Bertz CT molecular complexity index is 411. The number of nitrogens with one attached hydrogen (secondary N) is 1. The molecule has 0 saturated carbocycles. The van der Waals surface area contributed by atoms with E-state index in [9.17, 15) is 13.2 Å². The molecule has 17 heavy (non-hydrogen) atoms. The Hall–Kier alpha value is -1.23. The molecule has 0 spiro atoms. The number of hydrogen-bond acceptors (Lipinski definition) is 2. The van der Waals surface area contributed by atoms with Gasteiger partial charge in [-0.05, 0) is 31.9 Å². The van der Waals surface area contributed by atoms with Crippen molar-refractivity contribution < 1.29 is 17.9 Å². The number of halogens is 3. The maximum atomic E-state index is 13.3. The van der Waals surface area contributed by atoms with Crippen LogP contribution in [0.1, 0.15) is 19.8 Å². The van der Waals surface area contributed by atoms with Crippen LogP contribution in [0, 0.1) is 17.5 Å². The Labute approximate surface area is 97.8 Å². The molecule has 2 nitrogen and oxygen atoms in total. The molecule has 0 bridgehead atoms. The van der Waals surface area contributed by atoms with Gasteiger partial charge in [0.15, 0.2) is 17.5 Å². The highest BCUT2D eigenvalue weighted by molar-refractivity contribution is 5.45. The van der Waals surface area contributed by atoms with E-state index in [1.807, 2.05) is 6.92 Å². The fourth-order valence-corrected chi connectivity index (χ4v) is 1.92. The first-order valence-corrected chi connectivity index (χ1v) is 5.60. The van der Waals surface area contributed by atoms with E-state index < -0.39 is 17.5 Å². The summed E-state index contributed by atoms with van der Waals surface area (Å²) in [5.41, 5.74) is -0.0351. The molecule has 0 aromatic heterocycles. The molecular weight excluding hydrogens is 231 g/mol. The lowest BCUT2D eigenvalue weighted by Crippen LogP contribution is -2.20. The van der Waals surface area contributed by atoms with Crippen LogP contribution in [0.3, 0.4) is 0 Å². The van der Waals surface area contributed by atoms with E-state index in [1.54, 1.807) is 0 Å². The van der Waals surface area contributed by atoms with E-state index in [1.165, 1.54) is 6.07 Å². The van der Waals surface area contributed by atoms with Gasteiger partial charge in [0.25, 0.3) is 0 Å². The maximum absolute atomic E-state index is 13.3. The average Bonchev–Trinajstić information content (AvgIpc) is 2.71. The van der Waals surface area contributed by atoms with Gasteiger partial charge in [-0.15, -0.1) is 0 Å². The van der Waals surface area contributed by atoms with E-state index in [0.717, 1.165) is 18.9 Å². The molecule has 2 unspecified atom stereocenters. The van der Waals surface area contributed by atoms with Crippen molar-refractivity contribution in [2.45, 2.75) is 32.0 Å². The quantitative estimate of drug-likeness (QED) is 0.826. The van der Waals surface area contributed by atoms with Gasteiger partial charge >= 0.3 is 0 Å². The highest BCUT2D eigenvalue weighted by Crippen LogP contribution is 2.22. The van der Waals surface area contributed by atoms with Crippen molar-refractivity contribution in [1.29, 1.82) is 0 Å². The minimum atomic E-state index is -1.45. The zero-order valence-corrected chi connectivity index (χ0v) is 9.47. The molecular formula is C12H14F3NO. The molecule has 0 amide bonds. The minimum absolute atomic E-state index is 0.00230. The SMILES string of the molecule is CC1CCC(CNc2ccc(F)c(F)c2F)O1. The summed E-state index contributed by atoms with van der Waals surface area (Å²) >= 11 is 0. The third-order valence-electron chi connectivity index (χ3n) is 2.88. The Kier molecular flexibility index (Phi) is 3.57. The number of anilines is 1. The van der Waals surface area contributed by atoms with Gasteiger partial charge in [-0.2, -0.15) is 0 Å². The molecule has 5 heteroatoms. The molecule has 1 fully saturated rings.